The van der Waals surface area contributed by atoms with E-state index in [-0.39, 0.29) is 49.9 Å². The number of anilines is 2. The second-order valence-corrected chi connectivity index (χ2v) is 13.7. The summed E-state index contributed by atoms with van der Waals surface area (Å²) < 4.78 is 83.5. The number of fused-ring (bicyclic) bond motifs is 2. The number of hydrogen-bond donors (Lipinski definition) is 2. The molecular weight excluding hydrogens is 809 g/mol. The molecule has 304 valence electrons. The maximum atomic E-state index is 13.3. The highest BCUT2D eigenvalue weighted by Gasteiger charge is 2.33. The van der Waals surface area contributed by atoms with Gasteiger partial charge in [-0.3, -0.25) is 4.90 Å². The first-order chi connectivity index (χ1) is 25.0. The number of halogens is 9. The van der Waals surface area contributed by atoms with Gasteiger partial charge in [0.05, 0.1) is 29.1 Å². The average Bonchev–Trinajstić information content (AvgIpc) is 3.14. The minimum atomic E-state index is -4.35. The number of aliphatic hydroxyl groups excluding tert-OH is 1. The Hall–Kier alpha value is -2.88. The van der Waals surface area contributed by atoms with E-state index in [2.05, 4.69) is 15.1 Å². The third-order valence-corrected chi connectivity index (χ3v) is 10.1. The van der Waals surface area contributed by atoms with E-state index in [4.69, 9.17) is 9.84 Å². The molecule has 1 saturated heterocycles. The van der Waals surface area contributed by atoms with Gasteiger partial charge in [-0.2, -0.15) is 26.3 Å². The van der Waals surface area contributed by atoms with Crippen molar-refractivity contribution in [3.63, 3.8) is 0 Å². The van der Waals surface area contributed by atoms with E-state index in [1.54, 1.807) is 6.07 Å². The zero-order valence-corrected chi connectivity index (χ0v) is 33.5. The van der Waals surface area contributed by atoms with Gasteiger partial charge in [0.2, 0.25) is 0 Å². The highest BCUT2D eigenvalue weighted by molar-refractivity contribution is 7.99. The highest BCUT2D eigenvalue weighted by atomic mass is 35.5. The number of piperazine rings is 1. The first kappa shape index (κ1) is 48.3. The number of benzene rings is 4. The number of rotatable bonds is 12. The van der Waals surface area contributed by atoms with Gasteiger partial charge >= 0.3 is 12.4 Å². The molecule has 55 heavy (non-hydrogen) atoms. The summed E-state index contributed by atoms with van der Waals surface area (Å²) in [6.07, 6.45) is -7.29. The van der Waals surface area contributed by atoms with Crippen LogP contribution >= 0.6 is 49.0 Å². The molecule has 0 aromatic heterocycles. The van der Waals surface area contributed by atoms with E-state index in [1.807, 2.05) is 66.5 Å². The molecule has 4 aromatic carbocycles. The van der Waals surface area contributed by atoms with Crippen molar-refractivity contribution in [1.82, 2.24) is 15.1 Å². The molecule has 0 amide bonds. The molecule has 1 unspecified atom stereocenters. The average molecular weight is 856 g/mol. The molecule has 0 bridgehead atoms. The number of nitrogens with zero attached hydrogens (tertiary/aromatic N) is 3. The summed E-state index contributed by atoms with van der Waals surface area (Å²) >= 11 is 1.53. The van der Waals surface area contributed by atoms with Crippen LogP contribution in [0.25, 0.3) is 0 Å². The van der Waals surface area contributed by atoms with Crippen molar-refractivity contribution in [1.29, 1.82) is 0 Å². The van der Waals surface area contributed by atoms with Crippen molar-refractivity contribution in [3.05, 3.63) is 114 Å². The fraction of sp³-hybridized carbons (Fsp3) is 0.385. The van der Waals surface area contributed by atoms with Crippen molar-refractivity contribution in [2.45, 2.75) is 41.1 Å². The summed E-state index contributed by atoms with van der Waals surface area (Å²) in [5.74, 6) is 0.429. The van der Waals surface area contributed by atoms with E-state index in [0.29, 0.717) is 24.5 Å². The van der Waals surface area contributed by atoms with Gasteiger partial charge < -0.3 is 25.0 Å². The molecule has 1 atom stereocenters. The number of aliphatic hydroxyl groups is 1. The summed E-state index contributed by atoms with van der Waals surface area (Å²) in [7, 11) is 1.85. The van der Waals surface area contributed by atoms with Gasteiger partial charge in [0.15, 0.2) is 0 Å². The summed E-state index contributed by atoms with van der Waals surface area (Å²) in [5.41, 5.74) is 1.33. The molecule has 4 aromatic rings. The van der Waals surface area contributed by atoms with Crippen LogP contribution in [0.15, 0.2) is 107 Å². The van der Waals surface area contributed by atoms with Gasteiger partial charge in [0.25, 0.3) is 0 Å². The van der Waals surface area contributed by atoms with E-state index in [9.17, 15) is 26.3 Å². The number of alkyl halides is 6. The third kappa shape index (κ3) is 13.9. The van der Waals surface area contributed by atoms with E-state index >= 15 is 0 Å². The number of β-amino-alcohol motifs (C(OH)–C–C–N with tert-alkyl or cyclic N) is 1. The minimum absolute atomic E-state index is 0. The Bertz CT molecular complexity index is 1700. The molecule has 0 spiro atoms. The Morgan fingerprint density at radius 1 is 0.691 bits per heavy atom. The molecule has 0 aliphatic carbocycles. The summed E-state index contributed by atoms with van der Waals surface area (Å²) in [5, 5.41) is 12.1. The molecular formula is C39H47Cl3F6N4O2S. The van der Waals surface area contributed by atoms with Crippen LogP contribution in [-0.4, -0.2) is 80.9 Å². The molecule has 1 fully saturated rings. The smallest absolute Gasteiger partial charge is 0.416 e. The topological polar surface area (TPSA) is 51.2 Å². The number of nitrogens with one attached hydrogen (secondary N) is 1. The molecule has 0 radical (unpaired) electrons. The van der Waals surface area contributed by atoms with Crippen LogP contribution in [-0.2, 0) is 12.4 Å². The zero-order valence-electron chi connectivity index (χ0n) is 30.2. The maximum absolute atomic E-state index is 13.3. The largest absolute Gasteiger partial charge is 0.486 e. The SMILES string of the molecule is CNCCC(Oc1ccc(C(F)(F)F)cc1)c1ccccc1.Cl.Cl.Cl.OCCN1CCN(CCCN2c3ccccc3Sc3ccc(C(F)(F)F)cc32)CC1. The van der Waals surface area contributed by atoms with E-state index in [0.717, 1.165) is 85.3 Å². The Labute approximate surface area is 341 Å². The molecule has 2 N–H and O–H groups in total. The van der Waals surface area contributed by atoms with Crippen LogP contribution in [0, 0.1) is 0 Å². The molecule has 2 aliphatic heterocycles. The quantitative estimate of drug-likeness (QED) is 0.138. The zero-order chi connectivity index (χ0) is 37.1. The number of para-hydroxylation sites is 1. The molecule has 6 rings (SSSR count). The first-order valence-corrected chi connectivity index (χ1v) is 18.1. The molecule has 16 heteroatoms. The normalized spacial score (nSPS) is 14.8. The lowest BCUT2D eigenvalue weighted by Crippen LogP contribution is -2.47. The van der Waals surface area contributed by atoms with Crippen LogP contribution in [0.2, 0.25) is 0 Å². The summed E-state index contributed by atoms with van der Waals surface area (Å²) in [6, 6.07) is 26.4. The minimum Gasteiger partial charge on any atom is -0.486 e. The Morgan fingerprint density at radius 3 is 1.85 bits per heavy atom. The lowest BCUT2D eigenvalue weighted by molar-refractivity contribution is -0.138. The summed E-state index contributed by atoms with van der Waals surface area (Å²) in [6.45, 7) is 7.04. The predicted molar refractivity (Wildman–Crippen MR) is 215 cm³/mol. The van der Waals surface area contributed by atoms with Gasteiger partial charge in [0, 0.05) is 55.5 Å². The highest BCUT2D eigenvalue weighted by Crippen LogP contribution is 2.49. The van der Waals surface area contributed by atoms with Gasteiger partial charge in [0.1, 0.15) is 11.9 Å². The Kier molecular flexibility index (Phi) is 20.0. The van der Waals surface area contributed by atoms with Gasteiger partial charge in [-0.25, -0.2) is 0 Å². The van der Waals surface area contributed by atoms with Crippen LogP contribution in [0.1, 0.15) is 35.6 Å². The fourth-order valence-corrected chi connectivity index (χ4v) is 7.28. The summed E-state index contributed by atoms with van der Waals surface area (Å²) in [4.78, 5) is 8.62. The Morgan fingerprint density at radius 2 is 1.25 bits per heavy atom. The van der Waals surface area contributed by atoms with Gasteiger partial charge in [-0.05, 0) is 86.7 Å². The Balaban J connectivity index is 0.000000377. The van der Waals surface area contributed by atoms with E-state index in [1.165, 1.54) is 36.0 Å². The van der Waals surface area contributed by atoms with E-state index < -0.39 is 23.5 Å². The first-order valence-electron chi connectivity index (χ1n) is 17.3. The monoisotopic (exact) mass is 854 g/mol. The van der Waals surface area contributed by atoms with Gasteiger partial charge in [-0.1, -0.05) is 54.2 Å². The van der Waals surface area contributed by atoms with Crippen molar-refractivity contribution in [3.8, 4) is 5.75 Å². The molecule has 6 nitrogen and oxygen atoms in total. The molecule has 0 saturated carbocycles. The van der Waals surface area contributed by atoms with Crippen molar-refractivity contribution in [2.75, 3.05) is 70.9 Å². The number of ether oxygens (including phenoxy) is 1. The van der Waals surface area contributed by atoms with Crippen molar-refractivity contribution in [2.24, 2.45) is 0 Å². The van der Waals surface area contributed by atoms with Crippen LogP contribution in [0.4, 0.5) is 37.7 Å². The van der Waals surface area contributed by atoms with Crippen LogP contribution in [0.5, 0.6) is 5.75 Å². The maximum Gasteiger partial charge on any atom is 0.416 e. The predicted octanol–water partition coefficient (Wildman–Crippen LogP) is 10.0. The van der Waals surface area contributed by atoms with Crippen LogP contribution < -0.4 is 15.0 Å². The number of hydrogen-bond acceptors (Lipinski definition) is 7. The second-order valence-electron chi connectivity index (χ2n) is 12.6. The molecule has 2 heterocycles. The lowest BCUT2D eigenvalue weighted by atomic mass is 10.1. The standard InChI is InChI=1S/C22H26F3N3OS.C17H18F3NO.3ClH/c23-22(24,25)17-6-7-21-19(16-17)28(18-4-1-2-5-20(18)30-21)9-3-8-26-10-12-27(13-11-26)14-15-29;1-21-12-11-16(13-5-3-2-4-6-13)22-15-9-7-14(8-10-15)17(18,19)20;;;/h1-2,4-7,16,29H,3,8-15H2;2-10,16,21H,11-12H2,1H3;3*1H. The lowest BCUT2D eigenvalue weighted by Gasteiger charge is -2.36. The van der Waals surface area contributed by atoms with Crippen LogP contribution in [0.3, 0.4) is 0 Å². The van der Waals surface area contributed by atoms with Gasteiger partial charge in [-0.15, -0.1) is 37.2 Å². The molecule has 2 aliphatic rings. The second kappa shape index (κ2) is 22.8. The van der Waals surface area contributed by atoms with Crippen molar-refractivity contribution >= 4 is 60.4 Å². The fourth-order valence-electron chi connectivity index (χ4n) is 6.20. The van der Waals surface area contributed by atoms with Crippen molar-refractivity contribution < 1.29 is 36.2 Å². The third-order valence-electron chi connectivity index (χ3n) is 8.98.